The van der Waals surface area contributed by atoms with E-state index in [0.29, 0.717) is 6.42 Å². The number of hydrogen-bond acceptors (Lipinski definition) is 3. The van der Waals surface area contributed by atoms with Crippen molar-refractivity contribution in [2.45, 2.75) is 19.5 Å². The molecule has 5 nitrogen and oxygen atoms in total. The second-order valence-corrected chi connectivity index (χ2v) is 5.80. The predicted molar refractivity (Wildman–Crippen MR) is 94.6 cm³/mol. The molecule has 150 valence electrons. The molecular weight excluding hydrogens is 380 g/mol. The van der Waals surface area contributed by atoms with Crippen LogP contribution >= 0.6 is 0 Å². The van der Waals surface area contributed by atoms with Crippen molar-refractivity contribution in [1.82, 2.24) is 5.32 Å². The Morgan fingerprint density at radius 1 is 1.11 bits per heavy atom. The summed E-state index contributed by atoms with van der Waals surface area (Å²) in [6.45, 7) is 1.56. The van der Waals surface area contributed by atoms with Gasteiger partial charge in [0.05, 0.1) is 24.4 Å². The highest BCUT2D eigenvalue weighted by Gasteiger charge is 2.31. The molecule has 0 aliphatic carbocycles. The van der Waals surface area contributed by atoms with Crippen LogP contribution in [0.2, 0.25) is 0 Å². The van der Waals surface area contributed by atoms with E-state index in [1.54, 1.807) is 0 Å². The van der Waals surface area contributed by atoms with Crippen molar-refractivity contribution >= 4 is 17.5 Å². The molecule has 2 aromatic carbocycles. The van der Waals surface area contributed by atoms with E-state index in [0.717, 1.165) is 30.3 Å². The van der Waals surface area contributed by atoms with Crippen LogP contribution in [-0.2, 0) is 11.0 Å². The van der Waals surface area contributed by atoms with Crippen LogP contribution in [0.5, 0.6) is 5.75 Å². The standard InChI is InChI=1S/C19H18F4N2O3/c1-2-8-28-16-7-6-13(19(21,22)23)10-15(16)25-17(26)11-24-18(27)12-4-3-5-14(20)9-12/h3-7,9-10H,2,8,11H2,1H3,(H,24,27)(H,25,26). The van der Waals surface area contributed by atoms with Crippen LogP contribution in [0.15, 0.2) is 42.5 Å². The van der Waals surface area contributed by atoms with Gasteiger partial charge in [0.15, 0.2) is 0 Å². The van der Waals surface area contributed by atoms with Crippen LogP contribution in [0, 0.1) is 5.82 Å². The smallest absolute Gasteiger partial charge is 0.416 e. The number of hydrogen-bond donors (Lipinski definition) is 2. The summed E-state index contributed by atoms with van der Waals surface area (Å²) in [7, 11) is 0. The quantitative estimate of drug-likeness (QED) is 0.693. The van der Waals surface area contributed by atoms with Crippen molar-refractivity contribution in [3.63, 3.8) is 0 Å². The van der Waals surface area contributed by atoms with Gasteiger partial charge in [0, 0.05) is 5.56 Å². The molecule has 2 amide bonds. The topological polar surface area (TPSA) is 67.4 Å². The van der Waals surface area contributed by atoms with Gasteiger partial charge in [-0.2, -0.15) is 13.2 Å². The van der Waals surface area contributed by atoms with Gasteiger partial charge in [-0.25, -0.2) is 4.39 Å². The number of nitrogens with one attached hydrogen (secondary N) is 2. The van der Waals surface area contributed by atoms with E-state index < -0.39 is 35.9 Å². The number of benzene rings is 2. The summed E-state index contributed by atoms with van der Waals surface area (Å²) in [6.07, 6.45) is -3.97. The van der Waals surface area contributed by atoms with Gasteiger partial charge in [0.25, 0.3) is 5.91 Å². The average Bonchev–Trinajstić information content (AvgIpc) is 2.64. The Bertz CT molecular complexity index is 853. The minimum Gasteiger partial charge on any atom is -0.491 e. The van der Waals surface area contributed by atoms with E-state index in [1.165, 1.54) is 12.1 Å². The summed E-state index contributed by atoms with van der Waals surface area (Å²) in [6, 6.07) is 7.60. The SMILES string of the molecule is CCCOc1ccc(C(F)(F)F)cc1NC(=O)CNC(=O)c1cccc(F)c1. The maximum atomic E-state index is 13.1. The Kier molecular flexibility index (Phi) is 6.97. The number of anilines is 1. The number of amides is 2. The first-order chi connectivity index (χ1) is 13.2. The summed E-state index contributed by atoms with van der Waals surface area (Å²) >= 11 is 0. The zero-order valence-corrected chi connectivity index (χ0v) is 14.9. The molecule has 0 aromatic heterocycles. The van der Waals surface area contributed by atoms with Gasteiger partial charge in [-0.05, 0) is 42.8 Å². The van der Waals surface area contributed by atoms with E-state index in [-0.39, 0.29) is 23.6 Å². The molecule has 0 fully saturated rings. The Morgan fingerprint density at radius 3 is 2.50 bits per heavy atom. The second kappa shape index (κ2) is 9.20. The second-order valence-electron chi connectivity index (χ2n) is 5.80. The highest BCUT2D eigenvalue weighted by molar-refractivity contribution is 5.99. The monoisotopic (exact) mass is 398 g/mol. The normalized spacial score (nSPS) is 11.0. The third kappa shape index (κ3) is 5.97. The largest absolute Gasteiger partial charge is 0.491 e. The molecule has 0 heterocycles. The molecule has 0 saturated carbocycles. The number of carbonyl (C=O) groups excluding carboxylic acids is 2. The third-order valence-corrected chi connectivity index (χ3v) is 3.54. The fraction of sp³-hybridized carbons (Fsp3) is 0.263. The highest BCUT2D eigenvalue weighted by Crippen LogP contribution is 2.35. The molecule has 28 heavy (non-hydrogen) atoms. The zero-order valence-electron chi connectivity index (χ0n) is 14.9. The molecule has 0 aliphatic heterocycles. The first-order valence-corrected chi connectivity index (χ1v) is 8.38. The maximum Gasteiger partial charge on any atom is 0.416 e. The lowest BCUT2D eigenvalue weighted by Crippen LogP contribution is -2.33. The van der Waals surface area contributed by atoms with Crippen LogP contribution in [0.4, 0.5) is 23.2 Å². The molecule has 0 radical (unpaired) electrons. The van der Waals surface area contributed by atoms with E-state index >= 15 is 0 Å². The van der Waals surface area contributed by atoms with Gasteiger partial charge in [-0.3, -0.25) is 9.59 Å². The van der Waals surface area contributed by atoms with Crippen molar-refractivity contribution in [3.8, 4) is 5.75 Å². The lowest BCUT2D eigenvalue weighted by molar-refractivity contribution is -0.137. The number of rotatable bonds is 7. The predicted octanol–water partition coefficient (Wildman–Crippen LogP) is 4.00. The zero-order chi connectivity index (χ0) is 20.7. The van der Waals surface area contributed by atoms with Gasteiger partial charge in [-0.1, -0.05) is 13.0 Å². The molecular formula is C19H18F4N2O3. The van der Waals surface area contributed by atoms with Crippen LogP contribution in [-0.4, -0.2) is 25.0 Å². The molecule has 0 saturated heterocycles. The van der Waals surface area contributed by atoms with Crippen molar-refractivity contribution in [3.05, 3.63) is 59.4 Å². The Morgan fingerprint density at radius 2 is 1.86 bits per heavy atom. The van der Waals surface area contributed by atoms with Gasteiger partial charge in [0.1, 0.15) is 11.6 Å². The van der Waals surface area contributed by atoms with Crippen molar-refractivity contribution in [2.75, 3.05) is 18.5 Å². The van der Waals surface area contributed by atoms with Crippen LogP contribution in [0.3, 0.4) is 0 Å². The number of carbonyl (C=O) groups is 2. The molecule has 0 atom stereocenters. The first-order valence-electron chi connectivity index (χ1n) is 8.38. The van der Waals surface area contributed by atoms with Crippen LogP contribution in [0.25, 0.3) is 0 Å². The molecule has 0 bridgehead atoms. The minimum absolute atomic E-state index is 0.0128. The molecule has 0 unspecified atom stereocenters. The van der Waals surface area contributed by atoms with Crippen LogP contribution < -0.4 is 15.4 Å². The molecule has 0 spiro atoms. The van der Waals surface area contributed by atoms with Gasteiger partial charge < -0.3 is 15.4 Å². The number of ether oxygens (including phenoxy) is 1. The molecule has 9 heteroatoms. The maximum absolute atomic E-state index is 13.1. The Hall–Kier alpha value is -3.10. The molecule has 0 aliphatic rings. The summed E-state index contributed by atoms with van der Waals surface area (Å²) in [5.74, 6) is -1.98. The summed E-state index contributed by atoms with van der Waals surface area (Å²) in [5.41, 5.74) is -1.09. The van der Waals surface area contributed by atoms with E-state index in [4.69, 9.17) is 4.74 Å². The summed E-state index contributed by atoms with van der Waals surface area (Å²) in [5, 5.41) is 4.57. The Labute approximate surface area is 158 Å². The van der Waals surface area contributed by atoms with Crippen molar-refractivity contribution in [1.29, 1.82) is 0 Å². The van der Waals surface area contributed by atoms with E-state index in [9.17, 15) is 27.2 Å². The van der Waals surface area contributed by atoms with Gasteiger partial charge in [-0.15, -0.1) is 0 Å². The number of halogens is 4. The minimum atomic E-state index is -4.59. The molecule has 2 rings (SSSR count). The number of alkyl halides is 3. The first kappa shape index (κ1) is 21.2. The fourth-order valence-corrected chi connectivity index (χ4v) is 2.23. The van der Waals surface area contributed by atoms with Gasteiger partial charge >= 0.3 is 6.18 Å². The van der Waals surface area contributed by atoms with Crippen molar-refractivity contribution < 1.29 is 31.9 Å². The van der Waals surface area contributed by atoms with Crippen molar-refractivity contribution in [2.24, 2.45) is 0 Å². The van der Waals surface area contributed by atoms with E-state index in [2.05, 4.69) is 10.6 Å². The van der Waals surface area contributed by atoms with E-state index in [1.807, 2.05) is 6.92 Å². The van der Waals surface area contributed by atoms with Crippen LogP contribution in [0.1, 0.15) is 29.3 Å². The summed E-state index contributed by atoms with van der Waals surface area (Å²) in [4.78, 5) is 24.0. The Balaban J connectivity index is 2.07. The third-order valence-electron chi connectivity index (χ3n) is 3.54. The fourth-order valence-electron chi connectivity index (χ4n) is 2.23. The molecule has 2 N–H and O–H groups in total. The summed E-state index contributed by atoms with van der Waals surface area (Å²) < 4.78 is 57.2. The lowest BCUT2D eigenvalue weighted by Gasteiger charge is -2.15. The molecule has 2 aromatic rings. The lowest BCUT2D eigenvalue weighted by atomic mass is 10.1. The average molecular weight is 398 g/mol. The van der Waals surface area contributed by atoms with Gasteiger partial charge in [0.2, 0.25) is 5.91 Å². The highest BCUT2D eigenvalue weighted by atomic mass is 19.4.